The van der Waals surface area contributed by atoms with Gasteiger partial charge in [-0.3, -0.25) is 0 Å². The fraction of sp³-hybridized carbons (Fsp3) is 0.0556. The first-order valence-corrected chi connectivity index (χ1v) is 13.6. The molecule has 5 rings (SSSR count). The summed E-state index contributed by atoms with van der Waals surface area (Å²) in [5, 5.41) is 82.0. The average molecular weight is 667 g/mol. The molecule has 0 aromatic heterocycles. The van der Waals surface area contributed by atoms with Crippen LogP contribution >= 0.6 is 0 Å². The molecule has 0 radical (unpaired) electrons. The summed E-state index contributed by atoms with van der Waals surface area (Å²) < 4.78 is 80.4. The summed E-state index contributed by atoms with van der Waals surface area (Å²) in [5.41, 5.74) is -8.72. The van der Waals surface area contributed by atoms with E-state index in [0.29, 0.717) is 24.3 Å². The molecule has 3 aromatic rings. The van der Waals surface area contributed by atoms with Gasteiger partial charge in [-0.15, -0.1) is 0 Å². The highest BCUT2D eigenvalue weighted by molar-refractivity contribution is 6.32. The molecule has 0 heterocycles. The molecular weight excluding hydrogens is 658 g/mol. The van der Waals surface area contributed by atoms with Gasteiger partial charge in [-0.1, -0.05) is 24.3 Å². The Balaban J connectivity index is 2.02. The molecule has 8 nitrogen and oxygen atoms in total. The second-order valence-corrected chi connectivity index (χ2v) is 10.3. The van der Waals surface area contributed by atoms with Crippen LogP contribution in [0.3, 0.4) is 0 Å². The molecule has 3 aromatic carbocycles. The minimum Gasteiger partial charge on any atom is -0.192 e. The van der Waals surface area contributed by atoms with E-state index in [1.807, 2.05) is 24.3 Å². The van der Waals surface area contributed by atoms with Crippen LogP contribution in [-0.4, -0.2) is 0 Å². The van der Waals surface area contributed by atoms with E-state index < -0.39 is 68.0 Å². The first-order chi connectivity index (χ1) is 23.8. The summed E-state index contributed by atoms with van der Waals surface area (Å²) in [5.74, 6) is 0. The van der Waals surface area contributed by atoms with Gasteiger partial charge in [0.15, 0.2) is 0 Å². The van der Waals surface area contributed by atoms with E-state index in [-0.39, 0.29) is 44.5 Å². The molecule has 0 N–H and O–H groups in total. The van der Waals surface area contributed by atoms with Crippen LogP contribution in [0.2, 0.25) is 0 Å². The van der Waals surface area contributed by atoms with Crippen molar-refractivity contribution in [3.05, 3.63) is 115 Å². The smallest absolute Gasteiger partial charge is 0.192 e. The third-order valence-corrected chi connectivity index (χ3v) is 7.90. The predicted octanol–water partition coefficient (Wildman–Crippen LogP) is 7.97. The summed E-state index contributed by atoms with van der Waals surface area (Å²) in [6, 6.07) is 20.4. The van der Waals surface area contributed by atoms with Crippen molar-refractivity contribution in [2.75, 3.05) is 0 Å². The Morgan fingerprint density at radius 1 is 0.420 bits per heavy atom. The van der Waals surface area contributed by atoms with Gasteiger partial charge in [0.1, 0.15) is 59.7 Å². The number of hydrogen-bond acceptors (Lipinski definition) is 8. The molecule has 50 heavy (non-hydrogen) atoms. The number of allylic oxidation sites excluding steroid dienone is 8. The summed E-state index contributed by atoms with van der Waals surface area (Å²) in [6.45, 7) is 0. The number of alkyl halides is 6. The minimum absolute atomic E-state index is 0.122. The van der Waals surface area contributed by atoms with Gasteiger partial charge >= 0.3 is 12.4 Å². The SMILES string of the molecule is N#CC(C#N)=C1C(c2ccc(C(F)(F)F)cc2)=C(C#N)c2c(C#N)c3c(c(C#N)c21)C(C#N)=C(c1ccc(C(F)(F)F)cc1)C3=C(C#N)C#N. The van der Waals surface area contributed by atoms with E-state index in [4.69, 9.17) is 0 Å². The lowest BCUT2D eigenvalue weighted by Crippen LogP contribution is -2.05. The highest BCUT2D eigenvalue weighted by atomic mass is 19.4. The fourth-order valence-electron chi connectivity index (χ4n) is 5.95. The largest absolute Gasteiger partial charge is 0.416 e. The van der Waals surface area contributed by atoms with Crippen molar-refractivity contribution < 1.29 is 26.3 Å². The summed E-state index contributed by atoms with van der Waals surface area (Å²) in [4.78, 5) is 0. The number of hydrogen-bond donors (Lipinski definition) is 0. The number of halogens is 6. The summed E-state index contributed by atoms with van der Waals surface area (Å²) >= 11 is 0. The van der Waals surface area contributed by atoms with Crippen molar-refractivity contribution in [3.8, 4) is 48.6 Å². The van der Waals surface area contributed by atoms with Crippen molar-refractivity contribution in [1.82, 2.24) is 0 Å². The molecule has 14 heteroatoms. The van der Waals surface area contributed by atoms with Crippen molar-refractivity contribution >= 4 is 33.4 Å². The first-order valence-electron chi connectivity index (χ1n) is 13.6. The second kappa shape index (κ2) is 12.0. The number of benzene rings is 3. The molecule has 0 unspecified atom stereocenters. The van der Waals surface area contributed by atoms with E-state index in [1.54, 1.807) is 24.3 Å². The maximum Gasteiger partial charge on any atom is 0.416 e. The van der Waals surface area contributed by atoms with Gasteiger partial charge in [-0.05, 0) is 35.4 Å². The Kier molecular flexibility index (Phi) is 8.07. The van der Waals surface area contributed by atoms with Crippen LogP contribution in [0.15, 0.2) is 59.7 Å². The number of nitriles is 8. The van der Waals surface area contributed by atoms with Crippen LogP contribution in [0.25, 0.3) is 33.4 Å². The Bertz CT molecular complexity index is 2350. The highest BCUT2D eigenvalue weighted by Gasteiger charge is 2.44. The van der Waals surface area contributed by atoms with Gasteiger partial charge in [0.05, 0.1) is 33.4 Å². The molecular formula is C36H8F6N8. The van der Waals surface area contributed by atoms with E-state index in [2.05, 4.69) is 0 Å². The topological polar surface area (TPSA) is 190 Å². The van der Waals surface area contributed by atoms with Gasteiger partial charge in [0.25, 0.3) is 0 Å². The summed E-state index contributed by atoms with van der Waals surface area (Å²) in [6.07, 6.45) is -9.52. The zero-order valence-electron chi connectivity index (χ0n) is 24.5. The lowest BCUT2D eigenvalue weighted by atomic mass is 9.82. The molecule has 2 aliphatic rings. The molecule has 0 saturated heterocycles. The minimum atomic E-state index is -4.76. The molecule has 0 aliphatic heterocycles. The Morgan fingerprint density at radius 3 is 0.940 bits per heavy atom. The second-order valence-electron chi connectivity index (χ2n) is 10.3. The van der Waals surface area contributed by atoms with Gasteiger partial charge in [-0.2, -0.15) is 68.4 Å². The molecule has 0 atom stereocenters. The van der Waals surface area contributed by atoms with Crippen molar-refractivity contribution in [2.45, 2.75) is 12.4 Å². The van der Waals surface area contributed by atoms with Crippen LogP contribution in [0.5, 0.6) is 0 Å². The average Bonchev–Trinajstić information content (AvgIpc) is 3.61. The normalized spacial score (nSPS) is 13.0. The van der Waals surface area contributed by atoms with Gasteiger partial charge in [0, 0.05) is 44.5 Å². The summed E-state index contributed by atoms with van der Waals surface area (Å²) in [7, 11) is 0. The first kappa shape index (κ1) is 33.5. The quantitative estimate of drug-likeness (QED) is 0.194. The monoisotopic (exact) mass is 666 g/mol. The van der Waals surface area contributed by atoms with Crippen LogP contribution < -0.4 is 0 Å². The van der Waals surface area contributed by atoms with Crippen LogP contribution in [0, 0.1) is 90.6 Å². The Morgan fingerprint density at radius 2 is 0.720 bits per heavy atom. The maximum atomic E-state index is 13.4. The van der Waals surface area contributed by atoms with Crippen LogP contribution in [-0.2, 0) is 12.4 Å². The van der Waals surface area contributed by atoms with E-state index in [0.717, 1.165) is 24.3 Å². The van der Waals surface area contributed by atoms with E-state index >= 15 is 0 Å². The molecule has 0 fully saturated rings. The number of fused-ring (bicyclic) bond motifs is 2. The van der Waals surface area contributed by atoms with Crippen molar-refractivity contribution in [1.29, 1.82) is 42.1 Å². The molecule has 0 saturated carbocycles. The van der Waals surface area contributed by atoms with E-state index in [9.17, 15) is 68.4 Å². The number of rotatable bonds is 2. The number of nitrogens with zero attached hydrogens (tertiary/aromatic N) is 8. The maximum absolute atomic E-state index is 13.4. The zero-order valence-corrected chi connectivity index (χ0v) is 24.5. The lowest BCUT2D eigenvalue weighted by molar-refractivity contribution is -0.138. The molecule has 2 aliphatic carbocycles. The fourth-order valence-corrected chi connectivity index (χ4v) is 5.95. The predicted molar refractivity (Wildman–Crippen MR) is 160 cm³/mol. The molecule has 234 valence electrons. The molecule has 0 bridgehead atoms. The highest BCUT2D eigenvalue weighted by Crippen LogP contribution is 2.58. The third-order valence-electron chi connectivity index (χ3n) is 7.90. The lowest BCUT2D eigenvalue weighted by Gasteiger charge is -2.16. The van der Waals surface area contributed by atoms with Crippen LogP contribution in [0.4, 0.5) is 26.3 Å². The van der Waals surface area contributed by atoms with Crippen LogP contribution in [0.1, 0.15) is 55.6 Å². The Hall–Kier alpha value is -7.88. The van der Waals surface area contributed by atoms with Gasteiger partial charge in [0.2, 0.25) is 0 Å². The third kappa shape index (κ3) is 4.88. The molecule has 0 amide bonds. The standard InChI is InChI=1S/C36H8F6N8/c37-35(38,39)21-5-1-17(2-6-21)27-23(13-47)31-25(15-49)34-30(20(11-45)12-46)28(18-3-7-22(8-4-18)36(40,41)42)24(14-48)32(34)26(16-50)33(31)29(27)19(9-43)10-44/h1-8H. The molecule has 0 spiro atoms. The van der Waals surface area contributed by atoms with Gasteiger partial charge in [-0.25, -0.2) is 0 Å². The van der Waals surface area contributed by atoms with Crippen molar-refractivity contribution in [2.24, 2.45) is 0 Å². The zero-order chi connectivity index (χ0) is 36.7. The Labute approximate surface area is 277 Å². The van der Waals surface area contributed by atoms with Crippen molar-refractivity contribution in [3.63, 3.8) is 0 Å². The van der Waals surface area contributed by atoms with E-state index in [1.165, 1.54) is 0 Å². The van der Waals surface area contributed by atoms with Gasteiger partial charge < -0.3 is 0 Å².